The van der Waals surface area contributed by atoms with E-state index in [4.69, 9.17) is 19.7 Å². The minimum Gasteiger partial charge on any atom is -0.493 e. The van der Waals surface area contributed by atoms with E-state index in [-0.39, 0.29) is 5.91 Å². The van der Waals surface area contributed by atoms with Crippen molar-refractivity contribution in [3.63, 3.8) is 0 Å². The summed E-state index contributed by atoms with van der Waals surface area (Å²) in [5.41, 5.74) is 1.38. The number of amides is 1. The van der Waals surface area contributed by atoms with Crippen LogP contribution in [0.25, 0.3) is 0 Å². The molecule has 1 N–H and O–H groups in total. The number of piperidine rings is 1. The Morgan fingerprint density at radius 1 is 1.25 bits per heavy atom. The van der Waals surface area contributed by atoms with Gasteiger partial charge in [0.25, 0.3) is 5.91 Å². The number of para-hydroxylation sites is 2. The molecular formula is C26H30N6O3S. The largest absolute Gasteiger partial charge is 0.493 e. The molecule has 3 aromatic rings. The lowest BCUT2D eigenvalue weighted by Gasteiger charge is -2.30. The fourth-order valence-corrected chi connectivity index (χ4v) is 4.85. The van der Waals surface area contributed by atoms with Crippen LogP contribution in [0.2, 0.25) is 0 Å². The van der Waals surface area contributed by atoms with Gasteiger partial charge in [0.05, 0.1) is 26.3 Å². The predicted octanol–water partition coefficient (Wildman–Crippen LogP) is 4.14. The van der Waals surface area contributed by atoms with Gasteiger partial charge in [0, 0.05) is 30.6 Å². The minimum absolute atomic E-state index is 0.176. The van der Waals surface area contributed by atoms with E-state index < -0.39 is 0 Å². The maximum absolute atomic E-state index is 12.8. The second-order valence-corrected chi connectivity index (χ2v) is 9.43. The van der Waals surface area contributed by atoms with Gasteiger partial charge in [0.1, 0.15) is 18.1 Å². The van der Waals surface area contributed by atoms with Gasteiger partial charge < -0.3 is 19.7 Å². The number of nitrogens with one attached hydrogen (secondary N) is 1. The number of carbonyl (C=O) groups excluding carboxylic acids is 1. The molecule has 0 aliphatic carbocycles. The van der Waals surface area contributed by atoms with Crippen LogP contribution in [0.1, 0.15) is 34.9 Å². The molecule has 1 saturated heterocycles. The summed E-state index contributed by atoms with van der Waals surface area (Å²) >= 11 is 1.36. The lowest BCUT2D eigenvalue weighted by molar-refractivity contribution is 0.0768. The molecule has 0 bridgehead atoms. The Hall–Kier alpha value is -3.68. The molecule has 1 fully saturated rings. The van der Waals surface area contributed by atoms with E-state index in [2.05, 4.69) is 21.3 Å². The number of hydrogen-bond donors (Lipinski definition) is 1. The third-order valence-electron chi connectivity index (χ3n) is 6.05. The number of carbonyl (C=O) groups is 1. The van der Waals surface area contributed by atoms with Crippen LogP contribution in [0, 0.1) is 11.3 Å². The highest BCUT2D eigenvalue weighted by Crippen LogP contribution is 2.28. The zero-order chi connectivity index (χ0) is 25.3. The molecule has 4 rings (SSSR count). The van der Waals surface area contributed by atoms with Crippen LogP contribution in [0.4, 0.5) is 10.9 Å². The lowest BCUT2D eigenvalue weighted by Crippen LogP contribution is -2.34. The smallest absolute Gasteiger partial charge is 0.273 e. The molecule has 0 unspecified atom stereocenters. The first-order valence-corrected chi connectivity index (χ1v) is 12.8. The van der Waals surface area contributed by atoms with Gasteiger partial charge in [0.15, 0.2) is 16.6 Å². The van der Waals surface area contributed by atoms with Crippen molar-refractivity contribution in [3.05, 3.63) is 59.2 Å². The number of anilines is 2. The number of nitrogens with zero attached hydrogens (tertiary/aromatic N) is 5. The number of likely N-dealkylation sites (N-methyl/N-ethyl adjacent to an activating group) is 1. The summed E-state index contributed by atoms with van der Waals surface area (Å²) in [5.74, 6) is 2.11. The summed E-state index contributed by atoms with van der Waals surface area (Å²) < 4.78 is 11.1. The summed E-state index contributed by atoms with van der Waals surface area (Å²) in [6.45, 7) is 2.99. The average Bonchev–Trinajstić information content (AvgIpc) is 3.37. The van der Waals surface area contributed by atoms with Crippen LogP contribution < -0.4 is 14.8 Å². The van der Waals surface area contributed by atoms with E-state index in [0.29, 0.717) is 53.8 Å². The zero-order valence-electron chi connectivity index (χ0n) is 20.5. The van der Waals surface area contributed by atoms with E-state index in [1.807, 2.05) is 42.5 Å². The molecule has 0 radical (unpaired) electrons. The normalized spacial score (nSPS) is 15.6. The Bertz CT molecular complexity index is 1210. The fourth-order valence-electron chi connectivity index (χ4n) is 4.16. The van der Waals surface area contributed by atoms with E-state index in [9.17, 15) is 4.79 Å². The standard InChI is InChI=1S/C26H30N6O3S/c1-31(15-16-35-23-10-4-3-9-22(23)34-2)25(33)21-18-36-26(29-21)30-24-11-5-8-20(28-24)19-7-6-13-32(17-19)14-12-27/h3-5,8-11,18-19H,6-7,13-17H2,1-2H3,(H,28,29,30)/t19-/m1/s1. The van der Waals surface area contributed by atoms with Crippen LogP contribution in [0.5, 0.6) is 11.5 Å². The highest BCUT2D eigenvalue weighted by atomic mass is 32.1. The Labute approximate surface area is 215 Å². The lowest BCUT2D eigenvalue weighted by atomic mass is 9.94. The summed E-state index contributed by atoms with van der Waals surface area (Å²) in [4.78, 5) is 25.9. The van der Waals surface area contributed by atoms with Gasteiger partial charge in [-0.3, -0.25) is 9.69 Å². The Morgan fingerprint density at radius 3 is 2.89 bits per heavy atom. The van der Waals surface area contributed by atoms with Crippen molar-refractivity contribution in [3.8, 4) is 17.6 Å². The zero-order valence-corrected chi connectivity index (χ0v) is 21.3. The van der Waals surface area contributed by atoms with E-state index in [1.54, 1.807) is 24.4 Å². The maximum atomic E-state index is 12.8. The molecule has 1 aliphatic heterocycles. The predicted molar refractivity (Wildman–Crippen MR) is 139 cm³/mol. The van der Waals surface area contributed by atoms with Crippen molar-refractivity contribution in [1.82, 2.24) is 19.8 Å². The number of methoxy groups -OCH3 is 1. The van der Waals surface area contributed by atoms with Crippen molar-refractivity contribution >= 4 is 28.2 Å². The number of ether oxygens (including phenoxy) is 2. The van der Waals surface area contributed by atoms with Gasteiger partial charge >= 0.3 is 0 Å². The van der Waals surface area contributed by atoms with Gasteiger partial charge in [-0.15, -0.1) is 11.3 Å². The maximum Gasteiger partial charge on any atom is 0.273 e. The summed E-state index contributed by atoms with van der Waals surface area (Å²) in [5, 5.41) is 14.6. The van der Waals surface area contributed by atoms with Gasteiger partial charge in [0.2, 0.25) is 0 Å². The number of thiazole rings is 1. The fraction of sp³-hybridized carbons (Fsp3) is 0.385. The van der Waals surface area contributed by atoms with Crippen molar-refractivity contribution in [2.45, 2.75) is 18.8 Å². The van der Waals surface area contributed by atoms with Crippen molar-refractivity contribution in [2.75, 3.05) is 52.3 Å². The van der Waals surface area contributed by atoms with Gasteiger partial charge in [-0.2, -0.15) is 5.26 Å². The molecule has 36 heavy (non-hydrogen) atoms. The molecule has 1 amide bonds. The molecule has 188 valence electrons. The van der Waals surface area contributed by atoms with Crippen LogP contribution in [0.15, 0.2) is 47.8 Å². The minimum atomic E-state index is -0.176. The number of hydrogen-bond acceptors (Lipinski definition) is 9. The molecule has 10 heteroatoms. The molecule has 1 atom stereocenters. The third kappa shape index (κ3) is 6.50. The first-order valence-electron chi connectivity index (χ1n) is 11.9. The van der Waals surface area contributed by atoms with Gasteiger partial charge in [-0.25, -0.2) is 9.97 Å². The molecule has 0 saturated carbocycles. The van der Waals surface area contributed by atoms with Crippen LogP contribution >= 0.6 is 11.3 Å². The van der Waals surface area contributed by atoms with Crippen molar-refractivity contribution in [1.29, 1.82) is 5.26 Å². The number of aromatic nitrogens is 2. The van der Waals surface area contributed by atoms with Crippen LogP contribution in [-0.4, -0.2) is 72.6 Å². The second kappa shape index (κ2) is 12.3. The Balaban J connectivity index is 1.32. The molecule has 1 aromatic carbocycles. The van der Waals surface area contributed by atoms with E-state index >= 15 is 0 Å². The highest BCUT2D eigenvalue weighted by molar-refractivity contribution is 7.14. The van der Waals surface area contributed by atoms with Crippen LogP contribution in [-0.2, 0) is 0 Å². The quantitative estimate of drug-likeness (QED) is 0.409. The topological polar surface area (TPSA) is 104 Å². The third-order valence-corrected chi connectivity index (χ3v) is 6.80. The highest BCUT2D eigenvalue weighted by Gasteiger charge is 2.22. The SMILES string of the molecule is COc1ccccc1OCCN(C)C(=O)c1csc(Nc2cccc([C@@H]3CCCN(CC#N)C3)n2)n1. The van der Waals surface area contributed by atoms with Crippen LogP contribution in [0.3, 0.4) is 0 Å². The Kier molecular flexibility index (Phi) is 8.71. The first kappa shape index (κ1) is 25.4. The molecular weight excluding hydrogens is 476 g/mol. The second-order valence-electron chi connectivity index (χ2n) is 8.57. The number of rotatable bonds is 10. The number of nitriles is 1. The number of benzene rings is 1. The average molecular weight is 507 g/mol. The summed E-state index contributed by atoms with van der Waals surface area (Å²) in [6, 6.07) is 15.6. The Morgan fingerprint density at radius 2 is 2.08 bits per heavy atom. The molecule has 3 heterocycles. The molecule has 9 nitrogen and oxygen atoms in total. The first-order chi connectivity index (χ1) is 17.6. The summed E-state index contributed by atoms with van der Waals surface area (Å²) in [6.07, 6.45) is 2.11. The van der Waals surface area contributed by atoms with Crippen molar-refractivity contribution < 1.29 is 14.3 Å². The number of likely N-dealkylation sites (tertiary alicyclic amines) is 1. The monoisotopic (exact) mass is 506 g/mol. The van der Waals surface area contributed by atoms with E-state index in [1.165, 1.54) is 11.3 Å². The van der Waals surface area contributed by atoms with Gasteiger partial charge in [-0.05, 0) is 43.7 Å². The molecule has 1 aliphatic rings. The van der Waals surface area contributed by atoms with E-state index in [0.717, 1.165) is 31.6 Å². The molecule has 2 aromatic heterocycles. The van der Waals surface area contributed by atoms with Gasteiger partial charge in [-0.1, -0.05) is 18.2 Å². The number of pyridine rings is 1. The van der Waals surface area contributed by atoms with Crippen molar-refractivity contribution in [2.24, 2.45) is 0 Å². The summed E-state index contributed by atoms with van der Waals surface area (Å²) in [7, 11) is 3.32. The molecule has 0 spiro atoms.